The molecule has 120 valence electrons. The summed E-state index contributed by atoms with van der Waals surface area (Å²) in [5.41, 5.74) is 1.12. The molecule has 0 saturated carbocycles. The Morgan fingerprint density at radius 2 is 2.09 bits per heavy atom. The molecule has 1 aliphatic heterocycles. The van der Waals surface area contributed by atoms with Gasteiger partial charge in [-0.2, -0.15) is 0 Å². The Bertz CT molecular complexity index is 518. The lowest BCUT2D eigenvalue weighted by atomic mass is 10.1. The van der Waals surface area contributed by atoms with Crippen molar-refractivity contribution in [2.24, 2.45) is 5.92 Å². The number of pyridine rings is 1. The van der Waals surface area contributed by atoms with Crippen molar-refractivity contribution in [3.63, 3.8) is 0 Å². The van der Waals surface area contributed by atoms with Crippen molar-refractivity contribution in [2.45, 2.75) is 13.5 Å². The van der Waals surface area contributed by atoms with Crippen LogP contribution in [0.3, 0.4) is 0 Å². The summed E-state index contributed by atoms with van der Waals surface area (Å²) < 4.78 is 0. The zero-order valence-corrected chi connectivity index (χ0v) is 13.5. The van der Waals surface area contributed by atoms with Crippen molar-refractivity contribution in [2.75, 3.05) is 40.3 Å². The van der Waals surface area contributed by atoms with Gasteiger partial charge in [-0.3, -0.25) is 19.5 Å². The summed E-state index contributed by atoms with van der Waals surface area (Å²) in [5.74, 6) is -0.0813. The fourth-order valence-electron chi connectivity index (χ4n) is 2.78. The summed E-state index contributed by atoms with van der Waals surface area (Å²) in [4.78, 5) is 33.8. The fraction of sp³-hybridized carbons (Fsp3) is 0.562. The zero-order valence-electron chi connectivity index (χ0n) is 13.5. The first-order chi connectivity index (χ1) is 10.5. The molecular formula is C16H24N4O2. The molecule has 22 heavy (non-hydrogen) atoms. The molecule has 0 N–H and O–H groups in total. The van der Waals surface area contributed by atoms with Crippen LogP contribution >= 0.6 is 0 Å². The van der Waals surface area contributed by atoms with Gasteiger partial charge in [-0.05, 0) is 11.6 Å². The molecular weight excluding hydrogens is 280 g/mol. The Kier molecular flexibility index (Phi) is 5.49. The molecule has 1 atom stereocenters. The molecule has 1 saturated heterocycles. The van der Waals surface area contributed by atoms with Gasteiger partial charge in [-0.1, -0.05) is 6.07 Å². The number of hydrogen-bond donors (Lipinski definition) is 0. The van der Waals surface area contributed by atoms with Crippen LogP contribution in [0.1, 0.15) is 12.5 Å². The van der Waals surface area contributed by atoms with Crippen molar-refractivity contribution in [3.05, 3.63) is 30.1 Å². The molecule has 2 amide bonds. The Morgan fingerprint density at radius 1 is 1.32 bits per heavy atom. The van der Waals surface area contributed by atoms with Gasteiger partial charge in [0.1, 0.15) is 0 Å². The SMILES string of the molecule is CC(=O)N1CCN(Cc2cccnc2)CC(C(=O)N(C)C)C1. The number of hydrogen-bond acceptors (Lipinski definition) is 4. The predicted octanol–water partition coefficient (Wildman–Crippen LogP) is 0.450. The van der Waals surface area contributed by atoms with Crippen molar-refractivity contribution in [3.8, 4) is 0 Å². The number of nitrogens with zero attached hydrogens (tertiary/aromatic N) is 4. The molecule has 1 aromatic rings. The van der Waals surface area contributed by atoms with Crippen molar-refractivity contribution < 1.29 is 9.59 Å². The second kappa shape index (κ2) is 7.35. The third-order valence-electron chi connectivity index (χ3n) is 3.97. The van der Waals surface area contributed by atoms with Gasteiger partial charge in [-0.25, -0.2) is 0 Å². The van der Waals surface area contributed by atoms with Crippen molar-refractivity contribution >= 4 is 11.8 Å². The number of carbonyl (C=O) groups is 2. The maximum Gasteiger partial charge on any atom is 0.228 e. The summed E-state index contributed by atoms with van der Waals surface area (Å²) in [6.07, 6.45) is 3.60. The largest absolute Gasteiger partial charge is 0.348 e. The molecule has 2 rings (SSSR count). The molecule has 1 aliphatic rings. The summed E-state index contributed by atoms with van der Waals surface area (Å²) in [6.45, 7) is 4.90. The third kappa shape index (κ3) is 4.27. The zero-order chi connectivity index (χ0) is 16.1. The molecule has 0 radical (unpaired) electrons. The normalized spacial score (nSPS) is 19.6. The van der Waals surface area contributed by atoms with Crippen molar-refractivity contribution in [1.29, 1.82) is 0 Å². The highest BCUT2D eigenvalue weighted by molar-refractivity contribution is 5.80. The molecule has 0 spiro atoms. The minimum absolute atomic E-state index is 0.0276. The van der Waals surface area contributed by atoms with Crippen LogP contribution in [0.5, 0.6) is 0 Å². The molecule has 6 heteroatoms. The number of aromatic nitrogens is 1. The second-order valence-corrected chi connectivity index (χ2v) is 5.99. The maximum absolute atomic E-state index is 12.4. The van der Waals surface area contributed by atoms with E-state index in [0.29, 0.717) is 19.6 Å². The Morgan fingerprint density at radius 3 is 2.68 bits per heavy atom. The van der Waals surface area contributed by atoms with Crippen LogP contribution in [0, 0.1) is 5.92 Å². The van der Waals surface area contributed by atoms with E-state index in [0.717, 1.165) is 18.7 Å². The number of amides is 2. The van der Waals surface area contributed by atoms with Gasteiger partial charge in [0.25, 0.3) is 0 Å². The Labute approximate surface area is 131 Å². The van der Waals surface area contributed by atoms with Crippen LogP contribution in [-0.4, -0.2) is 71.8 Å². The minimum Gasteiger partial charge on any atom is -0.348 e. The number of carbonyl (C=O) groups excluding carboxylic acids is 2. The van der Waals surface area contributed by atoms with Crippen LogP contribution in [0.25, 0.3) is 0 Å². The van der Waals surface area contributed by atoms with E-state index in [4.69, 9.17) is 0 Å². The van der Waals surface area contributed by atoms with E-state index in [1.54, 1.807) is 37.0 Å². The highest BCUT2D eigenvalue weighted by atomic mass is 16.2. The third-order valence-corrected chi connectivity index (χ3v) is 3.97. The molecule has 1 fully saturated rings. The lowest BCUT2D eigenvalue weighted by molar-refractivity contribution is -0.135. The van der Waals surface area contributed by atoms with Gasteiger partial charge in [0, 0.05) is 66.1 Å². The van der Waals surface area contributed by atoms with Crippen molar-refractivity contribution in [1.82, 2.24) is 19.7 Å². The topological polar surface area (TPSA) is 56.8 Å². The smallest absolute Gasteiger partial charge is 0.228 e. The summed E-state index contributed by atoms with van der Waals surface area (Å²) in [5, 5.41) is 0. The second-order valence-electron chi connectivity index (χ2n) is 5.99. The molecule has 6 nitrogen and oxygen atoms in total. The van der Waals surface area contributed by atoms with Gasteiger partial charge in [-0.15, -0.1) is 0 Å². The van der Waals surface area contributed by atoms with E-state index in [2.05, 4.69) is 9.88 Å². The Balaban J connectivity index is 2.11. The average Bonchev–Trinajstić information content (AvgIpc) is 2.70. The molecule has 0 bridgehead atoms. The van der Waals surface area contributed by atoms with E-state index >= 15 is 0 Å². The van der Waals surface area contributed by atoms with Crippen LogP contribution in [0.15, 0.2) is 24.5 Å². The van der Waals surface area contributed by atoms with Gasteiger partial charge in [0.15, 0.2) is 0 Å². The monoisotopic (exact) mass is 304 g/mol. The summed E-state index contributed by atoms with van der Waals surface area (Å²) in [6, 6.07) is 3.95. The lowest BCUT2D eigenvalue weighted by Crippen LogP contribution is -2.41. The molecule has 1 aromatic heterocycles. The average molecular weight is 304 g/mol. The highest BCUT2D eigenvalue weighted by Crippen LogP contribution is 2.14. The van der Waals surface area contributed by atoms with Gasteiger partial charge in [0.05, 0.1) is 5.92 Å². The maximum atomic E-state index is 12.4. The quantitative estimate of drug-likeness (QED) is 0.813. The fourth-order valence-corrected chi connectivity index (χ4v) is 2.78. The van der Waals surface area contributed by atoms with Crippen LogP contribution in [0.2, 0.25) is 0 Å². The summed E-state index contributed by atoms with van der Waals surface area (Å²) in [7, 11) is 3.52. The van der Waals surface area contributed by atoms with E-state index in [9.17, 15) is 9.59 Å². The standard InChI is InChI=1S/C16H24N4O2/c1-13(21)20-8-7-19(10-14-5-4-6-17-9-14)11-15(12-20)16(22)18(2)3/h4-6,9,15H,7-8,10-12H2,1-3H3. The molecule has 1 unspecified atom stereocenters. The first kappa shape index (κ1) is 16.4. The first-order valence-corrected chi connectivity index (χ1v) is 7.55. The van der Waals surface area contributed by atoms with Gasteiger partial charge < -0.3 is 9.80 Å². The van der Waals surface area contributed by atoms with Gasteiger partial charge >= 0.3 is 0 Å². The van der Waals surface area contributed by atoms with E-state index in [1.807, 2.05) is 18.3 Å². The minimum atomic E-state index is -0.182. The van der Waals surface area contributed by atoms with E-state index < -0.39 is 0 Å². The first-order valence-electron chi connectivity index (χ1n) is 7.55. The highest BCUT2D eigenvalue weighted by Gasteiger charge is 2.29. The van der Waals surface area contributed by atoms with Crippen LogP contribution in [0.4, 0.5) is 0 Å². The van der Waals surface area contributed by atoms with E-state index in [-0.39, 0.29) is 17.7 Å². The van der Waals surface area contributed by atoms with Gasteiger partial charge in [0.2, 0.25) is 11.8 Å². The number of rotatable bonds is 3. The van der Waals surface area contributed by atoms with Crippen LogP contribution < -0.4 is 0 Å². The predicted molar refractivity (Wildman–Crippen MR) is 84.0 cm³/mol. The van der Waals surface area contributed by atoms with E-state index in [1.165, 1.54) is 0 Å². The molecule has 0 aliphatic carbocycles. The lowest BCUT2D eigenvalue weighted by Gasteiger charge is -2.25. The van der Waals surface area contributed by atoms with Crippen LogP contribution in [-0.2, 0) is 16.1 Å². The summed E-state index contributed by atoms with van der Waals surface area (Å²) >= 11 is 0. The molecule has 2 heterocycles. The Hall–Kier alpha value is -1.95. The molecule has 0 aromatic carbocycles.